The molecule has 0 aliphatic carbocycles. The van der Waals surface area contributed by atoms with Crippen molar-refractivity contribution in [1.82, 2.24) is 4.31 Å². The molecule has 1 aliphatic heterocycles. The van der Waals surface area contributed by atoms with E-state index >= 15 is 0 Å². The lowest BCUT2D eigenvalue weighted by Gasteiger charge is -2.30. The van der Waals surface area contributed by atoms with Crippen LogP contribution in [0, 0.1) is 11.3 Å². The van der Waals surface area contributed by atoms with Gasteiger partial charge in [-0.3, -0.25) is 0 Å². The maximum absolute atomic E-state index is 11.5. The Morgan fingerprint density at radius 1 is 1.46 bits per heavy atom. The molecule has 1 fully saturated rings. The molecule has 1 saturated heterocycles. The molecule has 13 heavy (non-hydrogen) atoms. The quantitative estimate of drug-likeness (QED) is 0.672. The van der Waals surface area contributed by atoms with E-state index in [1.165, 1.54) is 0 Å². The Bertz CT molecular complexity index is 198. The monoisotopic (exact) mass is 203 g/mol. The van der Waals surface area contributed by atoms with Crippen molar-refractivity contribution in [3.05, 3.63) is 0 Å². The molecule has 2 atom stereocenters. The Kier molecular flexibility index (Phi) is 3.52. The third-order valence-corrected chi connectivity index (χ3v) is 4.52. The summed E-state index contributed by atoms with van der Waals surface area (Å²) in [4.78, 5) is 0. The lowest BCUT2D eigenvalue weighted by Crippen LogP contribution is -2.32. The van der Waals surface area contributed by atoms with E-state index in [1.54, 1.807) is 0 Å². The van der Waals surface area contributed by atoms with Gasteiger partial charge < -0.3 is 0 Å². The first-order valence-electron chi connectivity index (χ1n) is 5.04. The fraction of sp³-hybridized carbons (Fsp3) is 1.00. The van der Waals surface area contributed by atoms with Crippen molar-refractivity contribution < 1.29 is 4.21 Å². The fourth-order valence-corrected chi connectivity index (χ4v) is 2.71. The van der Waals surface area contributed by atoms with Gasteiger partial charge in [0.25, 0.3) is 0 Å². The number of hydrogen-bond acceptors (Lipinski definition) is 1. The average molecular weight is 203 g/mol. The summed E-state index contributed by atoms with van der Waals surface area (Å²) in [6.45, 7) is 11.0. The van der Waals surface area contributed by atoms with Crippen LogP contribution in [-0.4, -0.2) is 27.4 Å². The minimum absolute atomic E-state index is 0.326. The Labute approximate surface area is 84.3 Å². The molecule has 0 aromatic rings. The summed E-state index contributed by atoms with van der Waals surface area (Å²) in [7, 11) is -0.683. The smallest absolute Gasteiger partial charge is 0.0943 e. The molecule has 3 heteroatoms. The van der Waals surface area contributed by atoms with Gasteiger partial charge in [0.15, 0.2) is 0 Å². The molecule has 0 aromatic heterocycles. The number of rotatable bonds is 2. The van der Waals surface area contributed by atoms with Gasteiger partial charge in [-0.1, -0.05) is 27.7 Å². The van der Waals surface area contributed by atoms with E-state index in [4.69, 9.17) is 0 Å². The van der Waals surface area contributed by atoms with Crippen LogP contribution in [0.1, 0.15) is 34.1 Å². The molecule has 0 amide bonds. The van der Waals surface area contributed by atoms with Gasteiger partial charge in [0, 0.05) is 18.8 Å². The van der Waals surface area contributed by atoms with Gasteiger partial charge in [0.1, 0.15) is 0 Å². The van der Waals surface area contributed by atoms with Crippen molar-refractivity contribution in [1.29, 1.82) is 0 Å². The van der Waals surface area contributed by atoms with E-state index in [2.05, 4.69) is 32.0 Å². The van der Waals surface area contributed by atoms with Crippen LogP contribution in [0.5, 0.6) is 0 Å². The Morgan fingerprint density at radius 2 is 2.08 bits per heavy atom. The summed E-state index contributed by atoms with van der Waals surface area (Å²) in [5, 5.41) is 0. The zero-order valence-electron chi connectivity index (χ0n) is 9.17. The van der Waals surface area contributed by atoms with Crippen molar-refractivity contribution in [3.8, 4) is 0 Å². The highest BCUT2D eigenvalue weighted by Gasteiger charge is 2.27. The molecule has 78 valence electrons. The molecule has 1 aliphatic rings. The van der Waals surface area contributed by atoms with Gasteiger partial charge in [-0.05, 0) is 17.8 Å². The highest BCUT2D eigenvalue weighted by Crippen LogP contribution is 2.27. The zero-order valence-corrected chi connectivity index (χ0v) is 9.99. The molecule has 1 heterocycles. The van der Waals surface area contributed by atoms with Gasteiger partial charge in [-0.25, -0.2) is 8.51 Å². The summed E-state index contributed by atoms with van der Waals surface area (Å²) < 4.78 is 13.6. The second-order valence-electron chi connectivity index (χ2n) is 5.03. The Morgan fingerprint density at radius 3 is 2.46 bits per heavy atom. The molecule has 0 saturated carbocycles. The summed E-state index contributed by atoms with van der Waals surface area (Å²) >= 11 is 0. The van der Waals surface area contributed by atoms with Crippen LogP contribution in [0.3, 0.4) is 0 Å². The molecular weight excluding hydrogens is 182 g/mol. The van der Waals surface area contributed by atoms with E-state index in [1.807, 2.05) is 0 Å². The van der Waals surface area contributed by atoms with Crippen LogP contribution in [0.25, 0.3) is 0 Å². The van der Waals surface area contributed by atoms with E-state index in [-0.39, 0.29) is 0 Å². The molecule has 2 unspecified atom stereocenters. The van der Waals surface area contributed by atoms with Crippen molar-refractivity contribution in [2.45, 2.75) is 34.1 Å². The fourth-order valence-electron chi connectivity index (χ4n) is 1.35. The maximum Gasteiger partial charge on any atom is 0.0943 e. The van der Waals surface area contributed by atoms with E-state index in [9.17, 15) is 4.21 Å². The van der Waals surface area contributed by atoms with Gasteiger partial charge in [-0.15, -0.1) is 0 Å². The van der Waals surface area contributed by atoms with Gasteiger partial charge in [0.2, 0.25) is 0 Å². The predicted octanol–water partition coefficient (Wildman–Crippen LogP) is 2.04. The number of nitrogens with zero attached hydrogens (tertiary/aromatic N) is 1. The topological polar surface area (TPSA) is 20.3 Å². The van der Waals surface area contributed by atoms with Crippen molar-refractivity contribution in [2.24, 2.45) is 11.3 Å². The highest BCUT2D eigenvalue weighted by molar-refractivity contribution is 7.82. The van der Waals surface area contributed by atoms with E-state index in [0.29, 0.717) is 11.3 Å². The Balaban J connectivity index is 2.44. The van der Waals surface area contributed by atoms with E-state index in [0.717, 1.165) is 25.3 Å². The molecule has 0 radical (unpaired) electrons. The molecule has 2 nitrogen and oxygen atoms in total. The molecule has 0 spiro atoms. The second-order valence-corrected chi connectivity index (χ2v) is 6.60. The largest absolute Gasteiger partial charge is 0.243 e. The van der Waals surface area contributed by atoms with Crippen molar-refractivity contribution in [3.63, 3.8) is 0 Å². The maximum atomic E-state index is 11.5. The third kappa shape index (κ3) is 3.06. The molecule has 0 bridgehead atoms. The lowest BCUT2D eigenvalue weighted by atomic mass is 9.82. The zero-order chi connectivity index (χ0) is 10.1. The second kappa shape index (κ2) is 4.09. The predicted molar refractivity (Wildman–Crippen MR) is 57.8 cm³/mol. The summed E-state index contributed by atoms with van der Waals surface area (Å²) in [6.07, 6.45) is 1.10. The van der Waals surface area contributed by atoms with Crippen LogP contribution < -0.4 is 0 Å². The van der Waals surface area contributed by atoms with Crippen molar-refractivity contribution in [2.75, 3.05) is 18.8 Å². The third-order valence-electron chi connectivity index (χ3n) is 2.97. The summed E-state index contributed by atoms with van der Waals surface area (Å²) in [6, 6.07) is 0. The molecular formula is C10H21NOS. The average Bonchev–Trinajstić information content (AvgIpc) is 2.34. The van der Waals surface area contributed by atoms with Gasteiger partial charge >= 0.3 is 0 Å². The number of hydrogen-bond donors (Lipinski definition) is 0. The Hall–Kier alpha value is 0.110. The first kappa shape index (κ1) is 11.2. The van der Waals surface area contributed by atoms with Crippen LogP contribution in [0.2, 0.25) is 0 Å². The summed E-state index contributed by atoms with van der Waals surface area (Å²) in [5.74, 6) is 1.48. The normalized spacial score (nSPS) is 27.8. The first-order chi connectivity index (χ1) is 5.91. The van der Waals surface area contributed by atoms with Crippen LogP contribution in [0.15, 0.2) is 0 Å². The standard InChI is InChI=1S/C10H21NOS/c1-9(10(2,3)4)8-11-6-5-7-13(11)12/h9H,5-8H2,1-4H3. The van der Waals surface area contributed by atoms with Crippen LogP contribution in [0.4, 0.5) is 0 Å². The minimum atomic E-state index is -0.683. The first-order valence-corrected chi connectivity index (χ1v) is 6.32. The molecule has 0 N–H and O–H groups in total. The molecule has 1 rings (SSSR count). The van der Waals surface area contributed by atoms with Gasteiger partial charge in [0.05, 0.1) is 11.0 Å². The summed E-state index contributed by atoms with van der Waals surface area (Å²) in [5.41, 5.74) is 0.326. The minimum Gasteiger partial charge on any atom is -0.243 e. The lowest BCUT2D eigenvalue weighted by molar-refractivity contribution is 0.222. The SMILES string of the molecule is CC(CN1CCCS1=O)C(C)(C)C. The van der Waals surface area contributed by atoms with Crippen LogP contribution >= 0.6 is 0 Å². The van der Waals surface area contributed by atoms with E-state index < -0.39 is 11.0 Å². The van der Waals surface area contributed by atoms with Gasteiger partial charge in [-0.2, -0.15) is 0 Å². The van der Waals surface area contributed by atoms with Crippen molar-refractivity contribution >= 4 is 11.0 Å². The highest BCUT2D eigenvalue weighted by atomic mass is 32.2. The van der Waals surface area contributed by atoms with Crippen LogP contribution in [-0.2, 0) is 11.0 Å². The molecule has 0 aromatic carbocycles.